The first kappa shape index (κ1) is 21.6. The molecule has 1 aliphatic heterocycles. The number of pyridine rings is 1. The van der Waals surface area contributed by atoms with Crippen molar-refractivity contribution in [1.82, 2.24) is 4.98 Å². The molecular formula is C28H24N2O4. The van der Waals surface area contributed by atoms with Gasteiger partial charge in [-0.05, 0) is 61.4 Å². The van der Waals surface area contributed by atoms with Crippen molar-refractivity contribution in [2.75, 3.05) is 18.6 Å². The second kappa shape index (κ2) is 8.98. The number of carbonyl (C=O) groups is 2. The van der Waals surface area contributed by atoms with Gasteiger partial charge in [-0.15, -0.1) is 0 Å². The summed E-state index contributed by atoms with van der Waals surface area (Å²) in [4.78, 5) is 32.6. The molecule has 0 radical (unpaired) electrons. The summed E-state index contributed by atoms with van der Waals surface area (Å²) in [5.41, 5.74) is 4.54. The Labute approximate surface area is 197 Å². The zero-order valence-corrected chi connectivity index (χ0v) is 19.0. The molecule has 1 unspecified atom stereocenters. The molecule has 0 spiro atoms. The van der Waals surface area contributed by atoms with Gasteiger partial charge in [0, 0.05) is 22.7 Å². The summed E-state index contributed by atoms with van der Waals surface area (Å²) in [6.07, 6.45) is 0.788. The SMILES string of the molecule is COc1ccc(-c2cc(C(=O)OCC(=O)N3c4ccccc4CC3C)c3ccccc3n2)cc1. The molecule has 2 heterocycles. The molecule has 170 valence electrons. The van der Waals surface area contributed by atoms with Crippen LogP contribution in [0.25, 0.3) is 22.2 Å². The summed E-state index contributed by atoms with van der Waals surface area (Å²) >= 11 is 0. The van der Waals surface area contributed by atoms with Crippen molar-refractivity contribution in [3.05, 3.63) is 90.0 Å². The van der Waals surface area contributed by atoms with E-state index in [0.29, 0.717) is 22.2 Å². The highest BCUT2D eigenvalue weighted by atomic mass is 16.5. The van der Waals surface area contributed by atoms with E-state index < -0.39 is 5.97 Å². The fraction of sp³-hybridized carbons (Fsp3) is 0.179. The quantitative estimate of drug-likeness (QED) is 0.397. The first-order chi connectivity index (χ1) is 16.5. The van der Waals surface area contributed by atoms with Crippen LogP contribution in [0.5, 0.6) is 5.75 Å². The number of para-hydroxylation sites is 2. The Hall–Kier alpha value is -4.19. The summed E-state index contributed by atoms with van der Waals surface area (Å²) < 4.78 is 10.8. The molecule has 6 nitrogen and oxygen atoms in total. The molecule has 3 aromatic carbocycles. The lowest BCUT2D eigenvalue weighted by molar-refractivity contribution is -0.122. The van der Waals surface area contributed by atoms with E-state index >= 15 is 0 Å². The predicted molar refractivity (Wildman–Crippen MR) is 131 cm³/mol. The average molecular weight is 453 g/mol. The van der Waals surface area contributed by atoms with Gasteiger partial charge in [-0.3, -0.25) is 4.79 Å². The van der Waals surface area contributed by atoms with Crippen molar-refractivity contribution >= 4 is 28.5 Å². The second-order valence-corrected chi connectivity index (χ2v) is 8.32. The van der Waals surface area contributed by atoms with Gasteiger partial charge in [0.05, 0.1) is 23.9 Å². The van der Waals surface area contributed by atoms with Crippen LogP contribution >= 0.6 is 0 Å². The van der Waals surface area contributed by atoms with Gasteiger partial charge in [0.25, 0.3) is 5.91 Å². The lowest BCUT2D eigenvalue weighted by atomic mass is 10.0. The number of anilines is 1. The average Bonchev–Trinajstić information content (AvgIpc) is 3.22. The number of fused-ring (bicyclic) bond motifs is 2. The van der Waals surface area contributed by atoms with Gasteiger partial charge in [0.1, 0.15) is 5.75 Å². The third kappa shape index (κ3) is 3.99. The maximum Gasteiger partial charge on any atom is 0.339 e. The molecular weight excluding hydrogens is 428 g/mol. The Morgan fingerprint density at radius 3 is 2.53 bits per heavy atom. The minimum absolute atomic E-state index is 0.0204. The van der Waals surface area contributed by atoms with Crippen LogP contribution in [0.1, 0.15) is 22.8 Å². The number of benzene rings is 3. The van der Waals surface area contributed by atoms with Crippen LogP contribution in [0.2, 0.25) is 0 Å². The molecule has 1 aliphatic rings. The van der Waals surface area contributed by atoms with Crippen molar-refractivity contribution < 1.29 is 19.1 Å². The minimum atomic E-state index is -0.554. The first-order valence-electron chi connectivity index (χ1n) is 11.2. The van der Waals surface area contributed by atoms with E-state index in [1.165, 1.54) is 0 Å². The summed E-state index contributed by atoms with van der Waals surface area (Å²) in [7, 11) is 1.61. The van der Waals surface area contributed by atoms with Crippen molar-refractivity contribution in [3.63, 3.8) is 0 Å². The van der Waals surface area contributed by atoms with Crippen molar-refractivity contribution in [3.8, 4) is 17.0 Å². The number of carbonyl (C=O) groups excluding carboxylic acids is 2. The molecule has 1 aromatic heterocycles. The Bertz CT molecular complexity index is 1380. The standard InChI is InChI=1S/C28H24N2O4/c1-18-15-20-7-3-6-10-26(20)30(18)27(31)17-34-28(32)23-16-25(19-11-13-21(33-2)14-12-19)29-24-9-5-4-8-22(23)24/h3-14,16,18H,15,17H2,1-2H3. The van der Waals surface area contributed by atoms with E-state index in [2.05, 4.69) is 0 Å². The second-order valence-electron chi connectivity index (χ2n) is 8.32. The number of rotatable bonds is 5. The smallest absolute Gasteiger partial charge is 0.339 e. The van der Waals surface area contributed by atoms with Gasteiger partial charge < -0.3 is 14.4 Å². The van der Waals surface area contributed by atoms with Gasteiger partial charge in [-0.2, -0.15) is 0 Å². The number of aromatic nitrogens is 1. The number of hydrogen-bond donors (Lipinski definition) is 0. The highest BCUT2D eigenvalue weighted by Crippen LogP contribution is 2.32. The molecule has 5 rings (SSSR count). The van der Waals surface area contributed by atoms with Gasteiger partial charge in [-0.25, -0.2) is 9.78 Å². The highest BCUT2D eigenvalue weighted by molar-refractivity contribution is 6.06. The molecule has 0 bridgehead atoms. The normalized spacial score (nSPS) is 14.6. The van der Waals surface area contributed by atoms with E-state index in [9.17, 15) is 9.59 Å². The summed E-state index contributed by atoms with van der Waals surface area (Å²) in [6, 6.07) is 24.4. The molecule has 0 aliphatic carbocycles. The van der Waals surface area contributed by atoms with Crippen LogP contribution in [-0.2, 0) is 16.0 Å². The number of hydrogen-bond acceptors (Lipinski definition) is 5. The number of ether oxygens (including phenoxy) is 2. The number of esters is 1. The van der Waals surface area contributed by atoms with Gasteiger partial charge >= 0.3 is 5.97 Å². The van der Waals surface area contributed by atoms with E-state index in [1.807, 2.05) is 79.7 Å². The summed E-state index contributed by atoms with van der Waals surface area (Å²) in [5, 5.41) is 0.678. The zero-order chi connectivity index (χ0) is 23.7. The number of methoxy groups -OCH3 is 1. The molecule has 0 saturated carbocycles. The minimum Gasteiger partial charge on any atom is -0.497 e. The maximum absolute atomic E-state index is 13.1. The molecule has 0 N–H and O–H groups in total. The van der Waals surface area contributed by atoms with Gasteiger partial charge in [-0.1, -0.05) is 36.4 Å². The molecule has 1 amide bonds. The highest BCUT2D eigenvalue weighted by Gasteiger charge is 2.31. The molecule has 0 fully saturated rings. The van der Waals surface area contributed by atoms with E-state index in [0.717, 1.165) is 29.0 Å². The Kier molecular flexibility index (Phi) is 5.72. The Morgan fingerprint density at radius 2 is 1.74 bits per heavy atom. The number of amides is 1. The fourth-order valence-electron chi connectivity index (χ4n) is 4.47. The third-order valence-electron chi connectivity index (χ3n) is 6.12. The third-order valence-corrected chi connectivity index (χ3v) is 6.12. The van der Waals surface area contributed by atoms with Crippen molar-refractivity contribution in [2.24, 2.45) is 0 Å². The van der Waals surface area contributed by atoms with Crippen LogP contribution in [0.3, 0.4) is 0 Å². The summed E-state index contributed by atoms with van der Waals surface area (Å²) in [5.74, 6) is -0.0539. The predicted octanol–water partition coefficient (Wildman–Crippen LogP) is 5.05. The molecule has 0 saturated heterocycles. The summed E-state index contributed by atoms with van der Waals surface area (Å²) in [6.45, 7) is 1.67. The van der Waals surface area contributed by atoms with Crippen LogP contribution in [0.4, 0.5) is 5.69 Å². The molecule has 34 heavy (non-hydrogen) atoms. The van der Waals surface area contributed by atoms with E-state index in [1.54, 1.807) is 18.1 Å². The Balaban J connectivity index is 1.41. The number of nitrogens with zero attached hydrogens (tertiary/aromatic N) is 2. The van der Waals surface area contributed by atoms with E-state index in [-0.39, 0.29) is 18.6 Å². The van der Waals surface area contributed by atoms with Gasteiger partial charge in [0.2, 0.25) is 0 Å². The monoisotopic (exact) mass is 452 g/mol. The van der Waals surface area contributed by atoms with Crippen molar-refractivity contribution in [1.29, 1.82) is 0 Å². The van der Waals surface area contributed by atoms with Gasteiger partial charge in [0.15, 0.2) is 6.61 Å². The van der Waals surface area contributed by atoms with Crippen LogP contribution < -0.4 is 9.64 Å². The van der Waals surface area contributed by atoms with Crippen molar-refractivity contribution in [2.45, 2.75) is 19.4 Å². The maximum atomic E-state index is 13.1. The lowest BCUT2D eigenvalue weighted by Crippen LogP contribution is -2.38. The molecule has 4 aromatic rings. The van der Waals surface area contributed by atoms with Crippen LogP contribution in [0.15, 0.2) is 78.9 Å². The van der Waals surface area contributed by atoms with Crippen LogP contribution in [-0.4, -0.2) is 36.6 Å². The Morgan fingerprint density at radius 1 is 1.00 bits per heavy atom. The zero-order valence-electron chi connectivity index (χ0n) is 19.0. The largest absolute Gasteiger partial charge is 0.497 e. The van der Waals surface area contributed by atoms with Crippen LogP contribution in [0, 0.1) is 0 Å². The fourth-order valence-corrected chi connectivity index (χ4v) is 4.47. The lowest BCUT2D eigenvalue weighted by Gasteiger charge is -2.22. The molecule has 1 atom stereocenters. The topological polar surface area (TPSA) is 68.7 Å². The van der Waals surface area contributed by atoms with E-state index in [4.69, 9.17) is 14.5 Å². The first-order valence-corrected chi connectivity index (χ1v) is 11.2. The molecule has 6 heteroatoms.